The van der Waals surface area contributed by atoms with Crippen LogP contribution < -0.4 is 9.46 Å². The van der Waals surface area contributed by atoms with Gasteiger partial charge in [-0.25, -0.2) is 13.2 Å². The summed E-state index contributed by atoms with van der Waals surface area (Å²) in [6.45, 7) is 0.410. The van der Waals surface area contributed by atoms with Gasteiger partial charge in [0.15, 0.2) is 0 Å². The fourth-order valence-corrected chi connectivity index (χ4v) is 3.79. The molecule has 0 aromatic heterocycles. The summed E-state index contributed by atoms with van der Waals surface area (Å²) in [5.41, 5.74) is 1.36. The molecule has 1 N–H and O–H groups in total. The molecule has 3 aromatic rings. The van der Waals surface area contributed by atoms with Gasteiger partial charge < -0.3 is 9.47 Å². The largest absolute Gasteiger partial charge is 0.489 e. The van der Waals surface area contributed by atoms with Crippen molar-refractivity contribution in [1.29, 1.82) is 0 Å². The molecule has 8 heteroatoms. The first-order valence-corrected chi connectivity index (χ1v) is 10.4. The summed E-state index contributed by atoms with van der Waals surface area (Å²) in [5.74, 6) is -0.108. The van der Waals surface area contributed by atoms with E-state index < -0.39 is 16.0 Å². The summed E-state index contributed by atoms with van der Waals surface area (Å²) in [4.78, 5) is 11.6. The van der Waals surface area contributed by atoms with Gasteiger partial charge in [0.05, 0.1) is 22.6 Å². The maximum Gasteiger partial charge on any atom is 0.339 e. The molecule has 0 atom stereocenters. The summed E-state index contributed by atoms with van der Waals surface area (Å²) in [6.07, 6.45) is 0. The van der Waals surface area contributed by atoms with Crippen LogP contribution in [0.3, 0.4) is 0 Å². The third kappa shape index (κ3) is 5.28. The molecule has 0 aliphatic rings. The summed E-state index contributed by atoms with van der Waals surface area (Å²) in [5, 5.41) is 0.107. The van der Waals surface area contributed by atoms with E-state index in [9.17, 15) is 13.2 Å². The summed E-state index contributed by atoms with van der Waals surface area (Å²) >= 11 is 5.94. The molecule has 3 rings (SSSR count). The molecule has 0 unspecified atom stereocenters. The molecule has 150 valence electrons. The summed E-state index contributed by atoms with van der Waals surface area (Å²) < 4.78 is 38.0. The van der Waals surface area contributed by atoms with Gasteiger partial charge in [-0.05, 0) is 48.0 Å². The molecular formula is C21H18ClNO5S. The topological polar surface area (TPSA) is 81.7 Å². The van der Waals surface area contributed by atoms with E-state index in [1.165, 1.54) is 25.3 Å². The van der Waals surface area contributed by atoms with Crippen LogP contribution in [0.25, 0.3) is 0 Å². The van der Waals surface area contributed by atoms with Gasteiger partial charge in [-0.3, -0.25) is 4.72 Å². The Morgan fingerprint density at radius 2 is 1.69 bits per heavy atom. The Balaban J connectivity index is 1.71. The van der Waals surface area contributed by atoms with E-state index >= 15 is 0 Å². The van der Waals surface area contributed by atoms with Crippen molar-refractivity contribution in [1.82, 2.24) is 0 Å². The van der Waals surface area contributed by atoms with Gasteiger partial charge >= 0.3 is 5.97 Å². The Hall–Kier alpha value is -3.03. The Bertz CT molecular complexity index is 1100. The molecule has 0 saturated heterocycles. The van der Waals surface area contributed by atoms with Gasteiger partial charge in [0, 0.05) is 5.69 Å². The van der Waals surface area contributed by atoms with Crippen molar-refractivity contribution >= 4 is 33.3 Å². The number of carbonyl (C=O) groups is 1. The zero-order chi connectivity index (χ0) is 20.9. The van der Waals surface area contributed by atoms with Crippen molar-refractivity contribution < 1.29 is 22.7 Å². The number of hydrogen-bond donors (Lipinski definition) is 1. The molecule has 29 heavy (non-hydrogen) atoms. The number of methoxy groups -OCH3 is 1. The minimum Gasteiger partial charge on any atom is -0.489 e. The number of esters is 1. The average Bonchev–Trinajstić information content (AvgIpc) is 2.73. The van der Waals surface area contributed by atoms with Gasteiger partial charge in [0.2, 0.25) is 0 Å². The highest BCUT2D eigenvalue weighted by Crippen LogP contribution is 2.24. The maximum absolute atomic E-state index is 12.6. The van der Waals surface area contributed by atoms with Crippen LogP contribution in [0, 0.1) is 0 Å². The lowest BCUT2D eigenvalue weighted by molar-refractivity contribution is 0.0600. The van der Waals surface area contributed by atoms with E-state index in [-0.39, 0.29) is 15.5 Å². The molecule has 3 aromatic carbocycles. The minimum atomic E-state index is -3.92. The van der Waals surface area contributed by atoms with Crippen LogP contribution >= 0.6 is 11.6 Å². The molecule has 0 bridgehead atoms. The van der Waals surface area contributed by atoms with Crippen LogP contribution in [-0.2, 0) is 21.4 Å². The van der Waals surface area contributed by atoms with Crippen molar-refractivity contribution in [3.8, 4) is 5.75 Å². The maximum atomic E-state index is 12.6. The van der Waals surface area contributed by atoms with Crippen LogP contribution in [0.2, 0.25) is 5.02 Å². The number of ether oxygens (including phenoxy) is 2. The smallest absolute Gasteiger partial charge is 0.339 e. The van der Waals surface area contributed by atoms with Crippen LogP contribution in [0.15, 0.2) is 77.7 Å². The summed E-state index contributed by atoms with van der Waals surface area (Å²) in [7, 11) is -2.73. The molecule has 0 amide bonds. The first-order chi connectivity index (χ1) is 13.9. The lowest BCUT2D eigenvalue weighted by Crippen LogP contribution is -2.14. The number of nitrogens with one attached hydrogen (secondary N) is 1. The number of sulfonamides is 1. The number of carbonyl (C=O) groups excluding carboxylic acids is 1. The van der Waals surface area contributed by atoms with Crippen molar-refractivity contribution in [3.63, 3.8) is 0 Å². The molecule has 0 heterocycles. The number of rotatable bonds is 7. The average molecular weight is 432 g/mol. The van der Waals surface area contributed by atoms with Crippen LogP contribution in [0.1, 0.15) is 15.9 Å². The SMILES string of the molecule is COC(=O)c1cc(S(=O)(=O)Nc2ccc(OCc3ccccc3)cc2)ccc1Cl. The number of halogens is 1. The molecule has 0 fully saturated rings. The van der Waals surface area contributed by atoms with Gasteiger partial charge in [-0.15, -0.1) is 0 Å². The van der Waals surface area contributed by atoms with E-state index in [1.54, 1.807) is 24.3 Å². The quantitative estimate of drug-likeness (QED) is 0.557. The number of anilines is 1. The highest BCUT2D eigenvalue weighted by molar-refractivity contribution is 7.92. The standard InChI is InChI=1S/C21H18ClNO5S/c1-27-21(24)19-13-18(11-12-20(19)22)29(25,26)23-16-7-9-17(10-8-16)28-14-15-5-3-2-4-6-15/h2-13,23H,14H2,1H3. The number of benzene rings is 3. The molecule has 0 saturated carbocycles. The van der Waals surface area contributed by atoms with Gasteiger partial charge in [-0.2, -0.15) is 0 Å². The Kier molecular flexibility index (Phi) is 6.41. The van der Waals surface area contributed by atoms with E-state index in [2.05, 4.69) is 9.46 Å². The molecule has 0 aliphatic heterocycles. The second kappa shape index (κ2) is 8.98. The second-order valence-electron chi connectivity index (χ2n) is 6.04. The van der Waals surface area contributed by atoms with E-state index in [1.807, 2.05) is 30.3 Å². The van der Waals surface area contributed by atoms with Crippen LogP contribution in [-0.4, -0.2) is 21.5 Å². The van der Waals surface area contributed by atoms with Crippen molar-refractivity contribution in [3.05, 3.63) is 88.9 Å². The first-order valence-electron chi connectivity index (χ1n) is 8.56. The molecule has 0 spiro atoms. The normalized spacial score (nSPS) is 11.0. The van der Waals surface area contributed by atoms with Gasteiger partial charge in [0.25, 0.3) is 10.0 Å². The minimum absolute atomic E-state index is 0.0262. The second-order valence-corrected chi connectivity index (χ2v) is 8.13. The third-order valence-electron chi connectivity index (χ3n) is 4.01. The zero-order valence-electron chi connectivity index (χ0n) is 15.5. The predicted molar refractivity (Wildman–Crippen MR) is 111 cm³/mol. The van der Waals surface area contributed by atoms with Crippen LogP contribution in [0.4, 0.5) is 5.69 Å². The van der Waals surface area contributed by atoms with Gasteiger partial charge in [-0.1, -0.05) is 41.9 Å². The fraction of sp³-hybridized carbons (Fsp3) is 0.0952. The van der Waals surface area contributed by atoms with Crippen molar-refractivity contribution in [2.24, 2.45) is 0 Å². The molecule has 0 aliphatic carbocycles. The fourth-order valence-electron chi connectivity index (χ4n) is 2.51. The highest BCUT2D eigenvalue weighted by atomic mass is 35.5. The monoisotopic (exact) mass is 431 g/mol. The zero-order valence-corrected chi connectivity index (χ0v) is 17.0. The predicted octanol–water partition coefficient (Wildman–Crippen LogP) is 4.51. The highest BCUT2D eigenvalue weighted by Gasteiger charge is 2.19. The Morgan fingerprint density at radius 3 is 2.34 bits per heavy atom. The first kappa shape index (κ1) is 20.7. The third-order valence-corrected chi connectivity index (χ3v) is 5.72. The van der Waals surface area contributed by atoms with Crippen molar-refractivity contribution in [2.75, 3.05) is 11.8 Å². The lowest BCUT2D eigenvalue weighted by atomic mass is 10.2. The van der Waals surface area contributed by atoms with E-state index in [0.29, 0.717) is 18.0 Å². The number of hydrogen-bond acceptors (Lipinski definition) is 5. The van der Waals surface area contributed by atoms with E-state index in [0.717, 1.165) is 5.56 Å². The van der Waals surface area contributed by atoms with Gasteiger partial charge in [0.1, 0.15) is 12.4 Å². The molecular weight excluding hydrogens is 414 g/mol. The summed E-state index contributed by atoms with van der Waals surface area (Å²) in [6, 6.07) is 20.0. The van der Waals surface area contributed by atoms with Crippen molar-refractivity contribution in [2.45, 2.75) is 11.5 Å². The lowest BCUT2D eigenvalue weighted by Gasteiger charge is -2.11. The van der Waals surface area contributed by atoms with Crippen LogP contribution in [0.5, 0.6) is 5.75 Å². The molecule has 0 radical (unpaired) electrons. The Morgan fingerprint density at radius 1 is 1.00 bits per heavy atom. The van der Waals surface area contributed by atoms with E-state index in [4.69, 9.17) is 16.3 Å². The molecule has 6 nitrogen and oxygen atoms in total. The Labute approximate surface area is 174 Å².